The van der Waals surface area contributed by atoms with E-state index in [-0.39, 0.29) is 28.9 Å². The molecule has 4 N–H and O–H groups in total. The first-order valence-electron chi connectivity index (χ1n) is 8.59. The number of hydrogen-bond acceptors (Lipinski definition) is 3. The normalized spacial score (nSPS) is 53.2. The predicted octanol–water partition coefficient (Wildman–Crippen LogP) is 2.30. The van der Waals surface area contributed by atoms with E-state index in [1.165, 1.54) is 11.1 Å². The minimum Gasteiger partial charge on any atom is -0.392 e. The molecule has 0 heterocycles. The van der Waals surface area contributed by atoms with Crippen molar-refractivity contribution in [2.45, 2.75) is 57.8 Å². The number of fused-ring (bicyclic) bond motifs is 5. The quantitative estimate of drug-likeness (QED) is 0.602. The van der Waals surface area contributed by atoms with Gasteiger partial charge < -0.3 is 15.9 Å². The monoisotopic (exact) mass is 301 g/mol. The average molecular weight is 301 g/mol. The van der Waals surface area contributed by atoms with E-state index in [4.69, 9.17) is 5.73 Å². The molecule has 0 amide bonds. The lowest BCUT2D eigenvalue weighted by atomic mass is 9.52. The van der Waals surface area contributed by atoms with Crippen molar-refractivity contribution in [1.82, 2.24) is 0 Å². The molecule has 2 saturated carbocycles. The molecule has 0 aromatic heterocycles. The highest BCUT2D eigenvalue weighted by molar-refractivity contribution is 5.46. The van der Waals surface area contributed by atoms with Crippen molar-refractivity contribution in [1.29, 1.82) is 0 Å². The first-order valence-corrected chi connectivity index (χ1v) is 8.59. The Morgan fingerprint density at radius 2 is 2.00 bits per heavy atom. The van der Waals surface area contributed by atoms with Crippen LogP contribution in [0.3, 0.4) is 0 Å². The van der Waals surface area contributed by atoms with Gasteiger partial charge in [0.05, 0.1) is 12.2 Å². The highest BCUT2D eigenvalue weighted by atomic mass is 16.3. The van der Waals surface area contributed by atoms with E-state index in [0.717, 1.165) is 19.3 Å². The third-order valence-electron chi connectivity index (χ3n) is 7.15. The molecule has 3 unspecified atom stereocenters. The molecule has 3 nitrogen and oxygen atoms in total. The highest BCUT2D eigenvalue weighted by Crippen LogP contribution is 2.61. The second-order valence-corrected chi connectivity index (χ2v) is 8.20. The minimum atomic E-state index is -0.513. The van der Waals surface area contributed by atoms with Crippen molar-refractivity contribution in [3.05, 3.63) is 35.5 Å². The molecule has 3 heteroatoms. The van der Waals surface area contributed by atoms with Crippen molar-refractivity contribution >= 4 is 0 Å². The molecule has 120 valence electrons. The number of allylic oxidation sites excluding steroid dienone is 2. The zero-order chi connectivity index (χ0) is 15.7. The molecule has 22 heavy (non-hydrogen) atoms. The van der Waals surface area contributed by atoms with Crippen LogP contribution < -0.4 is 5.73 Å². The largest absolute Gasteiger partial charge is 0.392 e. The fourth-order valence-corrected chi connectivity index (χ4v) is 5.65. The smallest absolute Gasteiger partial charge is 0.0906 e. The standard InChI is InChI=1S/C19H27NO2/c1-18-7-5-12(21)9-11(18)10-15(22)17-13-3-4-16(20)19(13,2)8-6-14(17)18/h5-7,9,12-13,15-17,21-22H,3-4,8,10,20H2,1-2H3/t12?,13-,15?,16?,17-,18-,19-/m0/s1. The molecular weight excluding hydrogens is 274 g/mol. The maximum absolute atomic E-state index is 10.9. The van der Waals surface area contributed by atoms with Gasteiger partial charge in [-0.05, 0) is 43.9 Å². The summed E-state index contributed by atoms with van der Waals surface area (Å²) in [5, 5.41) is 20.8. The number of rotatable bonds is 0. The number of aliphatic hydroxyl groups is 2. The van der Waals surface area contributed by atoms with Gasteiger partial charge in [-0.3, -0.25) is 0 Å². The SMILES string of the molecule is C[C@]12C=CC(O)C=C1CC(O)[C@@H]1C2=CC[C@]2(C)C(N)CC[C@@H]12. The molecule has 0 saturated heterocycles. The molecule has 4 aliphatic carbocycles. The van der Waals surface area contributed by atoms with E-state index < -0.39 is 6.10 Å². The first-order chi connectivity index (χ1) is 10.4. The molecule has 0 aromatic carbocycles. The molecule has 2 fully saturated rings. The summed E-state index contributed by atoms with van der Waals surface area (Å²) in [6.45, 7) is 4.55. The summed E-state index contributed by atoms with van der Waals surface area (Å²) in [7, 11) is 0. The summed E-state index contributed by atoms with van der Waals surface area (Å²) >= 11 is 0. The van der Waals surface area contributed by atoms with Gasteiger partial charge in [-0.1, -0.05) is 42.4 Å². The summed E-state index contributed by atoms with van der Waals surface area (Å²) in [4.78, 5) is 0. The van der Waals surface area contributed by atoms with Gasteiger partial charge in [0.2, 0.25) is 0 Å². The van der Waals surface area contributed by atoms with Crippen LogP contribution in [0.4, 0.5) is 0 Å². The van der Waals surface area contributed by atoms with Crippen molar-refractivity contribution < 1.29 is 10.2 Å². The van der Waals surface area contributed by atoms with E-state index in [1.54, 1.807) is 0 Å². The molecule has 0 aromatic rings. The van der Waals surface area contributed by atoms with E-state index in [0.29, 0.717) is 12.3 Å². The van der Waals surface area contributed by atoms with Gasteiger partial charge in [0.15, 0.2) is 0 Å². The Labute approximate surface area is 132 Å². The Balaban J connectivity index is 1.81. The van der Waals surface area contributed by atoms with Crippen LogP contribution in [-0.2, 0) is 0 Å². The molecule has 0 radical (unpaired) electrons. The van der Waals surface area contributed by atoms with Gasteiger partial charge in [0, 0.05) is 17.4 Å². The van der Waals surface area contributed by atoms with Crippen molar-refractivity contribution in [2.24, 2.45) is 28.4 Å². The third kappa shape index (κ3) is 1.73. The number of nitrogens with two attached hydrogens (primary N) is 1. The molecule has 7 atom stereocenters. The molecule has 4 aliphatic rings. The Morgan fingerprint density at radius 1 is 1.23 bits per heavy atom. The van der Waals surface area contributed by atoms with Crippen LogP contribution in [0.25, 0.3) is 0 Å². The van der Waals surface area contributed by atoms with Crippen molar-refractivity contribution in [2.75, 3.05) is 0 Å². The predicted molar refractivity (Wildman–Crippen MR) is 87.0 cm³/mol. The zero-order valence-corrected chi connectivity index (χ0v) is 13.5. The van der Waals surface area contributed by atoms with E-state index in [2.05, 4.69) is 26.0 Å². The summed E-state index contributed by atoms with van der Waals surface area (Å²) in [5.74, 6) is 0.700. The van der Waals surface area contributed by atoms with Gasteiger partial charge in [-0.25, -0.2) is 0 Å². The van der Waals surface area contributed by atoms with Crippen LogP contribution in [0.15, 0.2) is 35.5 Å². The lowest BCUT2D eigenvalue weighted by Gasteiger charge is -2.54. The van der Waals surface area contributed by atoms with Crippen molar-refractivity contribution in [3.8, 4) is 0 Å². The Morgan fingerprint density at radius 3 is 2.77 bits per heavy atom. The maximum Gasteiger partial charge on any atom is 0.0906 e. The van der Waals surface area contributed by atoms with Crippen LogP contribution in [-0.4, -0.2) is 28.5 Å². The maximum atomic E-state index is 10.9. The summed E-state index contributed by atoms with van der Waals surface area (Å²) in [6.07, 6.45) is 11.3. The summed E-state index contributed by atoms with van der Waals surface area (Å²) in [5.41, 5.74) is 8.93. The average Bonchev–Trinajstić information content (AvgIpc) is 2.77. The van der Waals surface area contributed by atoms with Crippen molar-refractivity contribution in [3.63, 3.8) is 0 Å². The highest BCUT2D eigenvalue weighted by Gasteiger charge is 2.57. The molecule has 0 aliphatic heterocycles. The van der Waals surface area contributed by atoms with Crippen LogP contribution in [0.5, 0.6) is 0 Å². The van der Waals surface area contributed by atoms with Crippen LogP contribution in [0.1, 0.15) is 39.5 Å². The Kier molecular flexibility index (Phi) is 3.04. The number of hydrogen-bond donors (Lipinski definition) is 3. The second-order valence-electron chi connectivity index (χ2n) is 8.20. The van der Waals surface area contributed by atoms with Crippen LogP contribution in [0, 0.1) is 22.7 Å². The van der Waals surface area contributed by atoms with Gasteiger partial charge >= 0.3 is 0 Å². The van der Waals surface area contributed by atoms with E-state index in [1.807, 2.05) is 12.2 Å². The molecule has 0 bridgehead atoms. The lowest BCUT2D eigenvalue weighted by molar-refractivity contribution is 0.0164. The summed E-state index contributed by atoms with van der Waals surface area (Å²) in [6, 6.07) is 0.246. The number of aliphatic hydroxyl groups excluding tert-OH is 2. The fourth-order valence-electron chi connectivity index (χ4n) is 5.65. The zero-order valence-electron chi connectivity index (χ0n) is 13.5. The molecule has 4 rings (SSSR count). The lowest BCUT2D eigenvalue weighted by Crippen LogP contribution is -2.51. The van der Waals surface area contributed by atoms with Gasteiger partial charge in [0.1, 0.15) is 0 Å². The Hall–Kier alpha value is -0.900. The molecular formula is C19H27NO2. The molecule has 0 spiro atoms. The first kappa shape index (κ1) is 14.7. The van der Waals surface area contributed by atoms with Gasteiger partial charge in [0.25, 0.3) is 0 Å². The minimum absolute atomic E-state index is 0.128. The van der Waals surface area contributed by atoms with Gasteiger partial charge in [-0.15, -0.1) is 0 Å². The third-order valence-corrected chi connectivity index (χ3v) is 7.15. The second kappa shape index (κ2) is 4.56. The van der Waals surface area contributed by atoms with Gasteiger partial charge in [-0.2, -0.15) is 0 Å². The summed E-state index contributed by atoms with van der Waals surface area (Å²) < 4.78 is 0. The topological polar surface area (TPSA) is 66.5 Å². The van der Waals surface area contributed by atoms with E-state index in [9.17, 15) is 10.2 Å². The van der Waals surface area contributed by atoms with E-state index >= 15 is 0 Å². The van der Waals surface area contributed by atoms with Crippen LogP contribution in [0.2, 0.25) is 0 Å². The fraction of sp³-hybridized carbons (Fsp3) is 0.684. The Bertz CT molecular complexity index is 592. The van der Waals surface area contributed by atoms with Crippen LogP contribution >= 0.6 is 0 Å².